The summed E-state index contributed by atoms with van der Waals surface area (Å²) in [6.45, 7) is 23.7. The molecule has 6 rings (SSSR count). The summed E-state index contributed by atoms with van der Waals surface area (Å²) >= 11 is 0. The molecule has 2 bridgehead atoms. The minimum Gasteiger partial charge on any atom is -0.480 e. The zero-order valence-corrected chi connectivity index (χ0v) is 53.5. The highest BCUT2D eigenvalue weighted by Gasteiger charge is 2.60. The summed E-state index contributed by atoms with van der Waals surface area (Å²) in [5.41, 5.74) is 10.2. The zero-order chi connectivity index (χ0) is 64.8. The number of nitrogens with zero attached hydrogens (tertiary/aromatic N) is 2. The number of ketones is 2. The molecule has 0 aromatic heterocycles. The van der Waals surface area contributed by atoms with Crippen LogP contribution in [-0.2, 0) is 44.3 Å². The number of aliphatic carboxylic acids is 1. The highest BCUT2D eigenvalue weighted by atomic mass is 31.2. The Hall–Kier alpha value is -6.38. The van der Waals surface area contributed by atoms with Crippen molar-refractivity contribution in [1.82, 2.24) is 20.2 Å². The van der Waals surface area contributed by atoms with Gasteiger partial charge in [-0.05, 0) is 93.5 Å². The number of fused-ring (bicyclic) bond motifs is 3. The van der Waals surface area contributed by atoms with Crippen molar-refractivity contribution in [3.63, 3.8) is 0 Å². The number of likely N-dealkylation sites (N-methyl/N-ethyl adjacent to an activating group) is 2. The van der Waals surface area contributed by atoms with E-state index in [0.29, 0.717) is 37.8 Å². The van der Waals surface area contributed by atoms with Gasteiger partial charge in [0.25, 0.3) is 5.91 Å². The summed E-state index contributed by atoms with van der Waals surface area (Å²) < 4.78 is 30.3. The molecular formula is C64H98N5O15P. The number of esters is 1. The van der Waals surface area contributed by atoms with Crippen LogP contribution in [0.1, 0.15) is 158 Å². The smallest absolute Gasteiger partial charge is 0.407 e. The maximum Gasteiger partial charge on any atom is 0.407 e. The number of hydrogen-bond acceptors (Lipinski definition) is 14. The maximum absolute atomic E-state index is 14.0. The van der Waals surface area contributed by atoms with Crippen molar-refractivity contribution < 1.29 is 72.3 Å². The third-order valence-corrected chi connectivity index (χ3v) is 17.1. The summed E-state index contributed by atoms with van der Waals surface area (Å²) in [4.78, 5) is 96.1. The van der Waals surface area contributed by atoms with Gasteiger partial charge in [-0.25, -0.2) is 23.6 Å². The first-order valence-electron chi connectivity index (χ1n) is 29.0. The number of benzene rings is 3. The number of allylic oxidation sites excluding steroid dienone is 2. The van der Waals surface area contributed by atoms with Gasteiger partial charge in [-0.15, -0.1) is 0 Å². The molecule has 3 aliphatic rings. The first-order valence-corrected chi connectivity index (χ1v) is 30.5. The number of ether oxygens (including phenoxy) is 2. The van der Waals surface area contributed by atoms with E-state index < -0.39 is 55.9 Å². The number of methoxy groups -OCH3 is 1. The molecule has 2 amide bonds. The molecule has 20 nitrogen and oxygen atoms in total. The lowest BCUT2D eigenvalue weighted by Gasteiger charge is -2.56. The molecule has 3 aromatic rings. The highest BCUT2D eigenvalue weighted by Crippen LogP contribution is 2.59. The van der Waals surface area contributed by atoms with Crippen LogP contribution in [0.25, 0.3) is 0 Å². The zero-order valence-electron chi connectivity index (χ0n) is 52.6. The molecule has 0 spiro atoms. The van der Waals surface area contributed by atoms with Gasteiger partial charge in [0.05, 0.1) is 24.3 Å². The Kier molecular flexibility index (Phi) is 34.2. The van der Waals surface area contributed by atoms with Gasteiger partial charge in [0.15, 0.2) is 0 Å². The van der Waals surface area contributed by atoms with Crippen LogP contribution >= 0.6 is 7.75 Å². The van der Waals surface area contributed by atoms with E-state index in [2.05, 4.69) is 51.8 Å². The van der Waals surface area contributed by atoms with E-state index in [-0.39, 0.29) is 72.0 Å². The Labute approximate surface area is 504 Å². The number of amides is 2. The predicted molar refractivity (Wildman–Crippen MR) is 330 cm³/mol. The molecular weight excluding hydrogens is 1110 g/mol. The minimum absolute atomic E-state index is 0.0313. The number of carbonyl (C=O) groups is 7. The summed E-state index contributed by atoms with van der Waals surface area (Å²) in [6, 6.07) is 23.9. The Balaban J connectivity index is 0.000000645. The maximum atomic E-state index is 14.0. The Morgan fingerprint density at radius 3 is 1.95 bits per heavy atom. The fourth-order valence-corrected chi connectivity index (χ4v) is 11.6. The molecule has 2 saturated carbocycles. The van der Waals surface area contributed by atoms with Crippen molar-refractivity contribution in [3.05, 3.63) is 131 Å². The number of nitrogens with one attached hydrogen (secondary N) is 2. The highest BCUT2D eigenvalue weighted by molar-refractivity contribution is 7.50. The van der Waals surface area contributed by atoms with Gasteiger partial charge < -0.3 is 55.7 Å². The van der Waals surface area contributed by atoms with Gasteiger partial charge in [-0.3, -0.25) is 18.9 Å². The van der Waals surface area contributed by atoms with Crippen LogP contribution < -0.4 is 16.4 Å². The van der Waals surface area contributed by atoms with Gasteiger partial charge in [-0.2, -0.15) is 0 Å². The molecule has 85 heavy (non-hydrogen) atoms. The number of nitrogens with two attached hydrogens (primary N) is 1. The number of aliphatic hydroxyl groups excluding tert-OH is 1. The van der Waals surface area contributed by atoms with E-state index in [0.717, 1.165) is 63.8 Å². The molecule has 0 heterocycles. The molecule has 3 aromatic carbocycles. The molecule has 21 heteroatoms. The third kappa shape index (κ3) is 22.8. The Bertz CT molecular complexity index is 2670. The van der Waals surface area contributed by atoms with Crippen LogP contribution in [0.3, 0.4) is 0 Å². The van der Waals surface area contributed by atoms with Crippen LogP contribution in [-0.4, -0.2) is 138 Å². The molecule has 3 aliphatic carbocycles. The van der Waals surface area contributed by atoms with E-state index in [1.165, 1.54) is 32.6 Å². The number of aldehydes is 1. The Morgan fingerprint density at radius 2 is 1.46 bits per heavy atom. The van der Waals surface area contributed by atoms with Crippen LogP contribution in [0, 0.1) is 28.6 Å². The van der Waals surface area contributed by atoms with E-state index in [1.807, 2.05) is 76.2 Å². The van der Waals surface area contributed by atoms with Crippen LogP contribution in [0.2, 0.25) is 0 Å². The number of carboxylic acids is 1. The lowest BCUT2D eigenvalue weighted by Crippen LogP contribution is -2.59. The summed E-state index contributed by atoms with van der Waals surface area (Å²) in [7, 11) is 1.02. The minimum atomic E-state index is -4.26. The summed E-state index contributed by atoms with van der Waals surface area (Å²) in [5.74, 6) is -2.83. The molecule has 474 valence electrons. The first-order chi connectivity index (χ1) is 40.1. The van der Waals surface area contributed by atoms with E-state index >= 15 is 0 Å². The van der Waals surface area contributed by atoms with Crippen molar-refractivity contribution in [1.29, 1.82) is 0 Å². The largest absolute Gasteiger partial charge is 0.480 e. The van der Waals surface area contributed by atoms with Crippen LogP contribution in [0.4, 0.5) is 4.79 Å². The molecule has 0 radical (unpaired) electrons. The molecule has 8 N–H and O–H groups in total. The number of carboxylic acid groups (broad SMARTS) is 2. The van der Waals surface area contributed by atoms with Gasteiger partial charge in [-0.1, -0.05) is 134 Å². The van der Waals surface area contributed by atoms with Crippen molar-refractivity contribution in [2.24, 2.45) is 34.3 Å². The average molecular weight is 1210 g/mol. The summed E-state index contributed by atoms with van der Waals surface area (Å²) in [5, 5.41) is 30.6. The van der Waals surface area contributed by atoms with Crippen molar-refractivity contribution >= 4 is 49.5 Å². The normalized spacial score (nSPS) is 21.3. The lowest BCUT2D eigenvalue weighted by atomic mass is 9.49. The Morgan fingerprint density at radius 1 is 0.894 bits per heavy atom. The van der Waals surface area contributed by atoms with Crippen LogP contribution in [0.5, 0.6) is 0 Å². The van der Waals surface area contributed by atoms with E-state index in [9.17, 15) is 48.1 Å². The van der Waals surface area contributed by atoms with Crippen molar-refractivity contribution in [2.45, 2.75) is 151 Å². The van der Waals surface area contributed by atoms with Gasteiger partial charge >= 0.3 is 25.8 Å². The average Bonchev–Trinajstić information content (AvgIpc) is 0.767. The molecule has 9 atom stereocenters. The van der Waals surface area contributed by atoms with Gasteiger partial charge in [0, 0.05) is 94.6 Å². The topological polar surface area (TPSA) is 302 Å². The second-order valence-corrected chi connectivity index (χ2v) is 23.7. The fourth-order valence-electron chi connectivity index (χ4n) is 10.8. The molecule has 2 fully saturated rings. The SMILES string of the molecule is C=C(C)N[C@H](CC=O)c1ccccc1.CC.CCC.CN(CCN(C)P(=O)(O)OCCC(NC(=O)c1ccc(CN)cc1)C(=O)O)C(=O)O.CO.COC1CC2C(OC(=O)c3ccccc3)C3C(C(C)=O)CCCC3(C)C(=O)CC(=C1C)C2(C)C. The van der Waals surface area contributed by atoms with E-state index in [4.69, 9.17) is 29.9 Å². The second-order valence-electron chi connectivity index (χ2n) is 21.8. The molecule has 8 unspecified atom stereocenters. The summed E-state index contributed by atoms with van der Waals surface area (Å²) in [6.07, 6.45) is 3.83. The second kappa shape index (κ2) is 37.9. The standard InChI is InChI=1S/C29H38O5.C17H27N4O8P.C12H15NO.C3H8.C2H6.CH4O/c1-17-21-16-24(31)29(5)14-10-13-20(18(2)30)25(29)26(22(28(21,3)4)15-23(17)33-6)34-27(32)19-11-8-7-9-12-19;1-20(17(25)26)8-9-21(2)30(27,28)29-10-7-14(16(23)24)19-15(22)13-5-3-12(11-18)4-6-13;1-10(2)13-12(8-9-14)11-6-4-3-5-7-11;1-3-2;2*1-2/h7-9,11-12,20,22-23,25-26H,10,13-16H2,1-6H3;3-6,14H,7-11,18H2,1-2H3,(H,19,22)(H,23,24)(H,25,26)(H,27,28);3-7,9,12-13H,1,8H2,2H3;3H2,1-2H3;1-2H3;2H,1H3/t;;12-;;;/m..1.../s1. The van der Waals surface area contributed by atoms with Gasteiger partial charge in [0.1, 0.15) is 30.0 Å². The number of hydrogen-bond donors (Lipinski definition) is 7. The number of Topliss-reactive ketones (excluding diaryl/α,β-unsaturated/α-hetero) is 2. The quantitative estimate of drug-likeness (QED) is 0.0226. The lowest BCUT2D eigenvalue weighted by molar-refractivity contribution is -0.157. The van der Waals surface area contributed by atoms with E-state index in [1.54, 1.807) is 38.3 Å². The third-order valence-electron chi connectivity index (χ3n) is 15.5. The first kappa shape index (κ1) is 76.6. The van der Waals surface area contributed by atoms with Crippen LogP contribution in [0.15, 0.2) is 108 Å². The molecule has 0 saturated heterocycles. The predicted octanol–water partition coefficient (Wildman–Crippen LogP) is 10.4. The monoisotopic (exact) mass is 1210 g/mol. The van der Waals surface area contributed by atoms with Crippen molar-refractivity contribution in [2.75, 3.05) is 48.0 Å². The van der Waals surface area contributed by atoms with Gasteiger partial charge in [0.2, 0.25) is 0 Å². The fraction of sp³-hybridized carbons (Fsp3) is 0.547. The molecule has 0 aliphatic heterocycles. The number of rotatable bonds is 21. The number of aliphatic hydroxyl groups is 1. The number of carbonyl (C=O) groups excluding carboxylic acids is 5. The van der Waals surface area contributed by atoms with Crippen molar-refractivity contribution in [3.8, 4) is 0 Å².